The van der Waals surface area contributed by atoms with E-state index in [1.807, 2.05) is 25.1 Å². The molecule has 2 aromatic rings. The van der Waals surface area contributed by atoms with Gasteiger partial charge in [-0.3, -0.25) is 14.9 Å². The third-order valence-corrected chi connectivity index (χ3v) is 4.57. The highest BCUT2D eigenvalue weighted by Gasteiger charge is 2.54. The predicted octanol–water partition coefficient (Wildman–Crippen LogP) is 2.71. The largest absolute Gasteiger partial charge is 0.491 e. The zero-order valence-corrected chi connectivity index (χ0v) is 13.5. The second kappa shape index (κ2) is 5.77. The van der Waals surface area contributed by atoms with Crippen LogP contribution in [0.2, 0.25) is 0 Å². The van der Waals surface area contributed by atoms with Gasteiger partial charge in [0.25, 0.3) is 11.6 Å². The standard InChI is InChI=1S/C18H16N2O5/c1-11-10-24-15-8-7-12(20(22)23)9-14(15)16-17(18(21)19(11)16)25-13-5-3-2-4-6-13/h2-9,11,16-17H,10H2,1H3/t11-,16-,17-/m0/s1. The molecule has 0 aliphatic carbocycles. The van der Waals surface area contributed by atoms with Gasteiger partial charge < -0.3 is 14.4 Å². The maximum absolute atomic E-state index is 12.6. The fourth-order valence-corrected chi connectivity index (χ4v) is 3.35. The Labute approximate surface area is 143 Å². The Morgan fingerprint density at radius 2 is 2.00 bits per heavy atom. The van der Waals surface area contributed by atoms with Gasteiger partial charge in [-0.1, -0.05) is 18.2 Å². The summed E-state index contributed by atoms with van der Waals surface area (Å²) in [4.78, 5) is 25.0. The first-order valence-electron chi connectivity index (χ1n) is 8.01. The Morgan fingerprint density at radius 1 is 1.24 bits per heavy atom. The molecule has 1 fully saturated rings. The molecular weight excluding hydrogens is 324 g/mol. The number of nitrogens with zero attached hydrogens (tertiary/aromatic N) is 2. The van der Waals surface area contributed by atoms with Gasteiger partial charge >= 0.3 is 0 Å². The van der Waals surface area contributed by atoms with Crippen LogP contribution >= 0.6 is 0 Å². The molecule has 1 saturated heterocycles. The highest BCUT2D eigenvalue weighted by atomic mass is 16.6. The zero-order chi connectivity index (χ0) is 17.6. The van der Waals surface area contributed by atoms with E-state index in [4.69, 9.17) is 9.47 Å². The third-order valence-electron chi connectivity index (χ3n) is 4.57. The minimum atomic E-state index is -0.715. The molecule has 128 valence electrons. The summed E-state index contributed by atoms with van der Waals surface area (Å²) in [5.74, 6) is 1.01. The lowest BCUT2D eigenvalue weighted by atomic mass is 9.88. The van der Waals surface area contributed by atoms with Crippen LogP contribution in [0.5, 0.6) is 11.5 Å². The molecule has 2 aliphatic heterocycles. The highest BCUT2D eigenvalue weighted by molar-refractivity contribution is 5.90. The third kappa shape index (κ3) is 2.48. The Kier molecular flexibility index (Phi) is 3.56. The number of rotatable bonds is 3. The average Bonchev–Trinajstić information content (AvgIpc) is 2.74. The molecule has 2 aromatic carbocycles. The first kappa shape index (κ1) is 15.4. The molecule has 3 atom stereocenters. The van der Waals surface area contributed by atoms with Crippen LogP contribution in [-0.2, 0) is 4.79 Å². The second-order valence-corrected chi connectivity index (χ2v) is 6.18. The quantitative estimate of drug-likeness (QED) is 0.487. The maximum Gasteiger partial charge on any atom is 0.270 e. The number of non-ortho nitro benzene ring substituents is 1. The van der Waals surface area contributed by atoms with Gasteiger partial charge in [-0.15, -0.1) is 0 Å². The van der Waals surface area contributed by atoms with Crippen LogP contribution in [0.25, 0.3) is 0 Å². The van der Waals surface area contributed by atoms with Crippen molar-refractivity contribution in [3.8, 4) is 11.5 Å². The summed E-state index contributed by atoms with van der Waals surface area (Å²) in [6.07, 6.45) is -0.715. The van der Waals surface area contributed by atoms with Crippen molar-refractivity contribution < 1.29 is 19.2 Å². The number of amides is 1. The Balaban J connectivity index is 1.74. The number of ether oxygens (including phenoxy) is 2. The maximum atomic E-state index is 12.6. The van der Waals surface area contributed by atoms with Crippen molar-refractivity contribution in [2.45, 2.75) is 25.1 Å². The van der Waals surface area contributed by atoms with Crippen molar-refractivity contribution in [1.29, 1.82) is 0 Å². The number of nitro benzene ring substituents is 1. The lowest BCUT2D eigenvalue weighted by molar-refractivity contribution is -0.385. The average molecular weight is 340 g/mol. The van der Waals surface area contributed by atoms with E-state index in [9.17, 15) is 14.9 Å². The lowest BCUT2D eigenvalue weighted by Crippen LogP contribution is -2.64. The summed E-state index contributed by atoms with van der Waals surface area (Å²) in [5, 5.41) is 11.1. The van der Waals surface area contributed by atoms with Crippen LogP contribution in [0.15, 0.2) is 48.5 Å². The molecule has 0 radical (unpaired) electrons. The molecule has 2 heterocycles. The molecule has 7 nitrogen and oxygen atoms in total. The fourth-order valence-electron chi connectivity index (χ4n) is 3.35. The summed E-state index contributed by atoms with van der Waals surface area (Å²) < 4.78 is 11.6. The smallest absolute Gasteiger partial charge is 0.270 e. The van der Waals surface area contributed by atoms with E-state index >= 15 is 0 Å². The number of carbonyl (C=O) groups excluding carboxylic acids is 1. The Hall–Kier alpha value is -3.09. The van der Waals surface area contributed by atoms with Crippen LogP contribution in [0.1, 0.15) is 18.5 Å². The number of carbonyl (C=O) groups is 1. The molecular formula is C18H16N2O5. The molecule has 7 heteroatoms. The van der Waals surface area contributed by atoms with Gasteiger partial charge in [-0.25, -0.2) is 0 Å². The number of para-hydroxylation sites is 1. The summed E-state index contributed by atoms with van der Waals surface area (Å²) >= 11 is 0. The van der Waals surface area contributed by atoms with Crippen LogP contribution in [0.3, 0.4) is 0 Å². The lowest BCUT2D eigenvalue weighted by Gasteiger charge is -2.48. The molecule has 1 amide bonds. The minimum absolute atomic E-state index is 0.0327. The number of fused-ring (bicyclic) bond motifs is 3. The number of hydrogen-bond acceptors (Lipinski definition) is 5. The van der Waals surface area contributed by atoms with Crippen molar-refractivity contribution in [3.05, 3.63) is 64.2 Å². The van der Waals surface area contributed by atoms with Crippen molar-refractivity contribution in [3.63, 3.8) is 0 Å². The molecule has 25 heavy (non-hydrogen) atoms. The summed E-state index contributed by atoms with van der Waals surface area (Å²) in [6.45, 7) is 2.23. The Morgan fingerprint density at radius 3 is 2.72 bits per heavy atom. The number of nitro groups is 1. The van der Waals surface area contributed by atoms with E-state index in [0.717, 1.165) is 0 Å². The van der Waals surface area contributed by atoms with E-state index in [2.05, 4.69) is 0 Å². The first-order chi connectivity index (χ1) is 12.1. The van der Waals surface area contributed by atoms with Gasteiger partial charge in [-0.2, -0.15) is 0 Å². The molecule has 2 aliphatic rings. The minimum Gasteiger partial charge on any atom is -0.491 e. The van der Waals surface area contributed by atoms with Crippen molar-refractivity contribution in [2.75, 3.05) is 6.61 Å². The van der Waals surface area contributed by atoms with Gasteiger partial charge in [0.1, 0.15) is 24.1 Å². The van der Waals surface area contributed by atoms with Crippen LogP contribution < -0.4 is 9.47 Å². The van der Waals surface area contributed by atoms with E-state index in [1.54, 1.807) is 23.1 Å². The predicted molar refractivity (Wildman–Crippen MR) is 88.5 cm³/mol. The van der Waals surface area contributed by atoms with Gasteiger partial charge in [-0.05, 0) is 25.1 Å². The summed E-state index contributed by atoms with van der Waals surface area (Å²) in [7, 11) is 0. The molecule has 0 aromatic heterocycles. The van der Waals surface area contributed by atoms with Crippen LogP contribution in [0.4, 0.5) is 5.69 Å². The first-order valence-corrected chi connectivity index (χ1v) is 8.01. The van der Waals surface area contributed by atoms with Crippen LogP contribution in [0, 0.1) is 10.1 Å². The van der Waals surface area contributed by atoms with E-state index in [-0.39, 0.29) is 17.6 Å². The van der Waals surface area contributed by atoms with Gasteiger partial charge in [0.05, 0.1) is 11.0 Å². The van der Waals surface area contributed by atoms with Crippen LogP contribution in [-0.4, -0.2) is 34.5 Å². The normalized spacial score (nSPS) is 24.3. The molecule has 0 N–H and O–H groups in total. The molecule has 0 saturated carbocycles. The topological polar surface area (TPSA) is 81.9 Å². The molecule has 4 rings (SSSR count). The fraction of sp³-hybridized carbons (Fsp3) is 0.278. The molecule has 0 spiro atoms. The van der Waals surface area contributed by atoms with E-state index in [0.29, 0.717) is 23.7 Å². The summed E-state index contributed by atoms with van der Waals surface area (Å²) in [5.41, 5.74) is 0.578. The number of hydrogen-bond donors (Lipinski definition) is 0. The highest BCUT2D eigenvalue weighted by Crippen LogP contribution is 2.45. The number of β-lactam (4-membered cyclic amide) rings is 1. The van der Waals surface area contributed by atoms with Gasteiger partial charge in [0.15, 0.2) is 0 Å². The second-order valence-electron chi connectivity index (χ2n) is 6.18. The Bertz CT molecular complexity index is 839. The SMILES string of the molecule is C[C@H]1COc2ccc([N+](=O)[O-])cc2[C@H]2[C@H](Oc3ccccc3)C(=O)N12. The molecule has 0 bridgehead atoms. The monoisotopic (exact) mass is 340 g/mol. The van der Waals surface area contributed by atoms with E-state index < -0.39 is 17.1 Å². The van der Waals surface area contributed by atoms with Gasteiger partial charge in [0, 0.05) is 17.7 Å². The van der Waals surface area contributed by atoms with Crippen molar-refractivity contribution in [1.82, 2.24) is 4.90 Å². The summed E-state index contributed by atoms with van der Waals surface area (Å²) in [6, 6.07) is 13.0. The van der Waals surface area contributed by atoms with Crippen molar-refractivity contribution in [2.24, 2.45) is 0 Å². The van der Waals surface area contributed by atoms with Gasteiger partial charge in [0.2, 0.25) is 6.10 Å². The van der Waals surface area contributed by atoms with Crippen molar-refractivity contribution >= 4 is 11.6 Å². The number of benzene rings is 2. The zero-order valence-electron chi connectivity index (χ0n) is 13.5. The van der Waals surface area contributed by atoms with E-state index in [1.165, 1.54) is 12.1 Å². The molecule has 0 unspecified atom stereocenters.